The van der Waals surface area contributed by atoms with Crippen molar-refractivity contribution in [3.8, 4) is 0 Å². The lowest BCUT2D eigenvalue weighted by atomic mass is 10.1. The fourth-order valence-corrected chi connectivity index (χ4v) is 3.39. The van der Waals surface area contributed by atoms with Crippen molar-refractivity contribution in [2.24, 2.45) is 0 Å². The van der Waals surface area contributed by atoms with E-state index in [4.69, 9.17) is 5.10 Å². The van der Waals surface area contributed by atoms with Gasteiger partial charge in [-0.15, -0.1) is 11.3 Å². The average molecular weight is 300 g/mol. The molecule has 0 aliphatic rings. The maximum atomic E-state index is 4.80. The van der Waals surface area contributed by atoms with Crippen LogP contribution in [0.4, 0.5) is 0 Å². The maximum absolute atomic E-state index is 4.80. The number of fused-ring (bicyclic) bond motifs is 1. The molecule has 0 radical (unpaired) electrons. The van der Waals surface area contributed by atoms with Crippen LogP contribution in [-0.2, 0) is 13.0 Å². The summed E-state index contributed by atoms with van der Waals surface area (Å²) in [5, 5.41) is 9.60. The summed E-state index contributed by atoms with van der Waals surface area (Å²) in [4.78, 5) is 5.47. The van der Waals surface area contributed by atoms with Crippen molar-refractivity contribution in [1.82, 2.24) is 20.1 Å². The van der Waals surface area contributed by atoms with Gasteiger partial charge in [0.25, 0.3) is 0 Å². The van der Waals surface area contributed by atoms with Crippen molar-refractivity contribution in [1.29, 1.82) is 0 Å². The van der Waals surface area contributed by atoms with Gasteiger partial charge in [-0.3, -0.25) is 9.67 Å². The van der Waals surface area contributed by atoms with Crippen molar-refractivity contribution >= 4 is 22.2 Å². The molecule has 1 N–H and O–H groups in total. The zero-order valence-electron chi connectivity index (χ0n) is 12.4. The fourth-order valence-electron chi connectivity index (χ4n) is 2.70. The molecular weight excluding hydrogens is 280 g/mol. The number of para-hydroxylation sites is 1. The van der Waals surface area contributed by atoms with Crippen LogP contribution in [0.2, 0.25) is 0 Å². The summed E-state index contributed by atoms with van der Waals surface area (Å²) in [5.74, 6) is 0. The molecule has 4 nitrogen and oxygen atoms in total. The molecule has 0 aliphatic carbocycles. The molecule has 2 heterocycles. The van der Waals surface area contributed by atoms with Crippen LogP contribution in [0.1, 0.15) is 30.5 Å². The number of hydrogen-bond donors (Lipinski definition) is 1. The molecule has 0 fully saturated rings. The summed E-state index contributed by atoms with van der Waals surface area (Å²) in [6.07, 6.45) is 2.85. The number of rotatable bonds is 6. The van der Waals surface area contributed by atoms with Gasteiger partial charge in [0.2, 0.25) is 0 Å². The van der Waals surface area contributed by atoms with Gasteiger partial charge in [-0.05, 0) is 19.5 Å². The van der Waals surface area contributed by atoms with Gasteiger partial charge in [-0.2, -0.15) is 5.10 Å². The minimum Gasteiger partial charge on any atom is -0.309 e. The van der Waals surface area contributed by atoms with Crippen LogP contribution in [-0.4, -0.2) is 21.3 Å². The summed E-state index contributed by atoms with van der Waals surface area (Å²) in [6, 6.07) is 8.75. The molecule has 0 aliphatic heterocycles. The van der Waals surface area contributed by atoms with E-state index in [1.54, 1.807) is 11.3 Å². The minimum atomic E-state index is 0.283. The average Bonchev–Trinajstić information content (AvgIpc) is 3.15. The Labute approximate surface area is 128 Å². The SMILES string of the molecule is CCNC(Cc1nn(CC)c2ccccc12)c1cncs1. The van der Waals surface area contributed by atoms with Crippen LogP contribution in [0.5, 0.6) is 0 Å². The van der Waals surface area contributed by atoms with Crippen LogP contribution in [0.25, 0.3) is 10.9 Å². The number of likely N-dealkylation sites (N-methyl/N-ethyl adjacent to an activating group) is 1. The molecule has 0 amide bonds. The molecule has 1 aromatic carbocycles. The lowest BCUT2D eigenvalue weighted by molar-refractivity contribution is 0.544. The standard InChI is InChI=1S/C16H20N4S/c1-3-18-14(16-10-17-11-21-16)9-13-12-7-5-6-8-15(12)20(4-2)19-13/h5-8,10-11,14,18H,3-4,9H2,1-2H3. The normalized spacial score (nSPS) is 12.9. The number of thiazole rings is 1. The van der Waals surface area contributed by atoms with E-state index in [-0.39, 0.29) is 6.04 Å². The zero-order valence-corrected chi connectivity index (χ0v) is 13.2. The van der Waals surface area contributed by atoms with E-state index in [9.17, 15) is 0 Å². The van der Waals surface area contributed by atoms with Gasteiger partial charge in [0.05, 0.1) is 16.7 Å². The largest absolute Gasteiger partial charge is 0.309 e. The van der Waals surface area contributed by atoms with E-state index in [1.165, 1.54) is 15.8 Å². The molecule has 21 heavy (non-hydrogen) atoms. The first-order valence-corrected chi connectivity index (χ1v) is 8.27. The number of aryl methyl sites for hydroxylation is 1. The summed E-state index contributed by atoms with van der Waals surface area (Å²) in [5.41, 5.74) is 4.27. The first-order valence-electron chi connectivity index (χ1n) is 7.39. The van der Waals surface area contributed by atoms with Gasteiger partial charge in [-0.25, -0.2) is 0 Å². The molecule has 1 atom stereocenters. The van der Waals surface area contributed by atoms with Gasteiger partial charge in [-0.1, -0.05) is 25.1 Å². The van der Waals surface area contributed by atoms with Crippen LogP contribution >= 0.6 is 11.3 Å². The predicted octanol–water partition coefficient (Wildman–Crippen LogP) is 3.41. The summed E-state index contributed by atoms with van der Waals surface area (Å²) in [7, 11) is 0. The molecule has 0 bridgehead atoms. The van der Waals surface area contributed by atoms with Crippen LogP contribution in [0.15, 0.2) is 36.0 Å². The molecule has 1 unspecified atom stereocenters. The molecule has 2 aromatic heterocycles. The van der Waals surface area contributed by atoms with Crippen molar-refractivity contribution < 1.29 is 0 Å². The first-order chi connectivity index (χ1) is 10.3. The van der Waals surface area contributed by atoms with Crippen molar-refractivity contribution in [3.63, 3.8) is 0 Å². The molecule has 3 rings (SSSR count). The van der Waals surface area contributed by atoms with E-state index in [2.05, 4.69) is 53.1 Å². The molecule has 110 valence electrons. The fraction of sp³-hybridized carbons (Fsp3) is 0.375. The summed E-state index contributed by atoms with van der Waals surface area (Å²) < 4.78 is 2.08. The highest BCUT2D eigenvalue weighted by molar-refractivity contribution is 7.09. The molecular formula is C16H20N4S. The van der Waals surface area contributed by atoms with Crippen molar-refractivity contribution in [2.75, 3.05) is 6.54 Å². The third kappa shape index (κ3) is 2.84. The number of nitrogens with one attached hydrogen (secondary N) is 1. The van der Waals surface area contributed by atoms with E-state index < -0.39 is 0 Å². The van der Waals surface area contributed by atoms with Crippen LogP contribution in [0, 0.1) is 0 Å². The highest BCUT2D eigenvalue weighted by Crippen LogP contribution is 2.26. The second-order valence-electron chi connectivity index (χ2n) is 5.00. The Morgan fingerprint density at radius 1 is 1.29 bits per heavy atom. The minimum absolute atomic E-state index is 0.283. The third-order valence-corrected chi connectivity index (χ3v) is 4.57. The molecule has 5 heteroatoms. The van der Waals surface area contributed by atoms with E-state index >= 15 is 0 Å². The molecule has 0 saturated heterocycles. The van der Waals surface area contributed by atoms with E-state index in [1.807, 2.05) is 11.7 Å². The number of benzene rings is 1. The van der Waals surface area contributed by atoms with Gasteiger partial charge in [0, 0.05) is 35.5 Å². The van der Waals surface area contributed by atoms with Crippen LogP contribution in [0.3, 0.4) is 0 Å². The van der Waals surface area contributed by atoms with Gasteiger partial charge in [0.15, 0.2) is 0 Å². The smallest absolute Gasteiger partial charge is 0.0794 e. The van der Waals surface area contributed by atoms with Gasteiger partial charge >= 0.3 is 0 Å². The van der Waals surface area contributed by atoms with Gasteiger partial charge < -0.3 is 5.32 Å². The Morgan fingerprint density at radius 2 is 2.14 bits per heavy atom. The highest BCUT2D eigenvalue weighted by Gasteiger charge is 2.17. The first kappa shape index (κ1) is 14.2. The van der Waals surface area contributed by atoms with E-state index in [0.717, 1.165) is 25.2 Å². The summed E-state index contributed by atoms with van der Waals surface area (Å²) in [6.45, 7) is 6.10. The Morgan fingerprint density at radius 3 is 2.86 bits per heavy atom. The molecule has 0 spiro atoms. The lowest BCUT2D eigenvalue weighted by Gasteiger charge is -2.14. The summed E-state index contributed by atoms with van der Waals surface area (Å²) >= 11 is 1.70. The highest BCUT2D eigenvalue weighted by atomic mass is 32.1. The van der Waals surface area contributed by atoms with Crippen molar-refractivity contribution in [2.45, 2.75) is 32.9 Å². The second-order valence-corrected chi connectivity index (χ2v) is 5.92. The van der Waals surface area contributed by atoms with E-state index in [0.29, 0.717) is 0 Å². The topological polar surface area (TPSA) is 42.7 Å². The second kappa shape index (κ2) is 6.37. The molecule has 3 aromatic rings. The quantitative estimate of drug-likeness (QED) is 0.758. The lowest BCUT2D eigenvalue weighted by Crippen LogP contribution is -2.22. The Kier molecular flexibility index (Phi) is 4.31. The number of hydrogen-bond acceptors (Lipinski definition) is 4. The monoisotopic (exact) mass is 300 g/mol. The molecule has 0 saturated carbocycles. The Hall–Kier alpha value is -1.72. The number of nitrogens with zero attached hydrogens (tertiary/aromatic N) is 3. The zero-order chi connectivity index (χ0) is 14.7. The predicted molar refractivity (Wildman–Crippen MR) is 87.6 cm³/mol. The van der Waals surface area contributed by atoms with Gasteiger partial charge in [0.1, 0.15) is 0 Å². The third-order valence-electron chi connectivity index (χ3n) is 3.68. The van der Waals surface area contributed by atoms with Crippen molar-refractivity contribution in [3.05, 3.63) is 46.5 Å². The Bertz CT molecular complexity index is 702. The Balaban J connectivity index is 1.96. The van der Waals surface area contributed by atoms with Crippen LogP contribution < -0.4 is 5.32 Å². The maximum Gasteiger partial charge on any atom is 0.0794 e. The number of aromatic nitrogens is 3.